The number of aliphatic hydroxyl groups is 1. The molecule has 0 amide bonds. The van der Waals surface area contributed by atoms with Crippen LogP contribution in [0.15, 0.2) is 48.4 Å². The summed E-state index contributed by atoms with van der Waals surface area (Å²) in [5.74, 6) is 0.782. The molecule has 1 atom stereocenters. The van der Waals surface area contributed by atoms with Crippen LogP contribution in [0, 0.1) is 37.7 Å². The Balaban J connectivity index is 0.000000418. The molecule has 3 aromatic rings. The summed E-state index contributed by atoms with van der Waals surface area (Å²) >= 11 is 0. The van der Waals surface area contributed by atoms with Gasteiger partial charge < -0.3 is 10.1 Å². The van der Waals surface area contributed by atoms with Gasteiger partial charge >= 0.3 is 0 Å². The number of hydrogen-bond donors (Lipinski definition) is 1. The van der Waals surface area contributed by atoms with Crippen LogP contribution in [0.25, 0.3) is 22.0 Å². The zero-order valence-corrected chi connectivity index (χ0v) is 28.3. The van der Waals surface area contributed by atoms with Crippen molar-refractivity contribution in [3.05, 3.63) is 76.7 Å². The van der Waals surface area contributed by atoms with Crippen molar-refractivity contribution < 1.29 is 30.0 Å². The second-order valence-corrected chi connectivity index (χ2v) is 12.0. The quantitative estimate of drug-likeness (QED) is 0.144. The van der Waals surface area contributed by atoms with Crippen LogP contribution < -0.4 is 0 Å². The number of aromatic nitrogens is 1. The summed E-state index contributed by atoms with van der Waals surface area (Å²) in [7, 11) is 0. The third-order valence-corrected chi connectivity index (χ3v) is 8.20. The molecule has 1 heterocycles. The molecule has 0 bridgehead atoms. The summed E-state index contributed by atoms with van der Waals surface area (Å²) < 4.78 is 0. The van der Waals surface area contributed by atoms with E-state index >= 15 is 0 Å². The van der Waals surface area contributed by atoms with Crippen molar-refractivity contribution >= 4 is 16.6 Å². The fourth-order valence-corrected chi connectivity index (χ4v) is 4.28. The normalized spacial score (nSPS) is 12.8. The minimum Gasteiger partial charge on any atom is -0.512 e. The number of hydrogen-bond acceptors (Lipinski definition) is 3. The number of ketones is 1. The molecule has 1 aromatic heterocycles. The first-order chi connectivity index (χ1) is 17.7. The van der Waals surface area contributed by atoms with Gasteiger partial charge in [-0.1, -0.05) is 81.4 Å². The molecule has 0 aliphatic carbocycles. The van der Waals surface area contributed by atoms with Gasteiger partial charge in [-0.15, -0.1) is 34.9 Å². The molecule has 0 aliphatic rings. The molecule has 0 saturated carbocycles. The molecule has 215 valence electrons. The molecule has 0 spiro atoms. The summed E-state index contributed by atoms with van der Waals surface area (Å²) in [6.45, 7) is 22.7. The number of aliphatic hydroxyl groups excluding tert-OH is 1. The van der Waals surface area contributed by atoms with E-state index in [0.29, 0.717) is 5.92 Å². The summed E-state index contributed by atoms with van der Waals surface area (Å²) in [5.41, 5.74) is 6.68. The Morgan fingerprint density at radius 2 is 1.59 bits per heavy atom. The van der Waals surface area contributed by atoms with E-state index in [2.05, 4.69) is 76.0 Å². The number of allylic oxidation sites excluding steroid dienone is 2. The Morgan fingerprint density at radius 1 is 0.974 bits per heavy atom. The average molecular weight is 707 g/mol. The van der Waals surface area contributed by atoms with Crippen LogP contribution in [0.1, 0.15) is 103 Å². The summed E-state index contributed by atoms with van der Waals surface area (Å²) in [6.07, 6.45) is 6.08. The van der Waals surface area contributed by atoms with Crippen LogP contribution in [0.5, 0.6) is 0 Å². The summed E-state index contributed by atoms with van der Waals surface area (Å²) in [5, 5.41) is 12.4. The molecule has 0 aliphatic heterocycles. The Morgan fingerprint density at radius 3 is 2.13 bits per heavy atom. The molecule has 0 saturated heterocycles. The standard InChI is InChI=1S/C22H24N.C13H24O2.Ir/c1-6-16(4)19-7-8-21-20(17(19)5)9-10-23-22(21)18-12-14(2)11-15(3)13-18;1-7-12(3,4)10(14)9-11(15)13(5,6)8-2;/h7-12,16H,6H2,1-5H3;9,14H,7-8H2,1-6H3;/q-1;;/b;10-9-;. The predicted octanol–water partition coefficient (Wildman–Crippen LogP) is 10.0. The third kappa shape index (κ3) is 8.60. The zero-order valence-electron chi connectivity index (χ0n) is 25.9. The van der Waals surface area contributed by atoms with Crippen LogP contribution in [-0.4, -0.2) is 15.9 Å². The number of fused-ring (bicyclic) bond motifs is 1. The Labute approximate surface area is 250 Å². The maximum absolute atomic E-state index is 11.8. The van der Waals surface area contributed by atoms with Crippen molar-refractivity contribution in [1.82, 2.24) is 4.98 Å². The Hall–Kier alpha value is -2.29. The van der Waals surface area contributed by atoms with Gasteiger partial charge in [0.15, 0.2) is 5.78 Å². The largest absolute Gasteiger partial charge is 0.512 e. The first kappa shape index (κ1) is 34.7. The van der Waals surface area contributed by atoms with E-state index in [1.54, 1.807) is 0 Å². The second-order valence-electron chi connectivity index (χ2n) is 12.0. The van der Waals surface area contributed by atoms with Gasteiger partial charge in [-0.3, -0.25) is 4.79 Å². The Bertz CT molecular complexity index is 1280. The zero-order chi connectivity index (χ0) is 28.8. The van der Waals surface area contributed by atoms with E-state index in [0.717, 1.165) is 36.1 Å². The molecule has 2 aromatic carbocycles. The molecule has 39 heavy (non-hydrogen) atoms. The van der Waals surface area contributed by atoms with E-state index in [-0.39, 0.29) is 42.5 Å². The number of carbonyl (C=O) groups excluding carboxylic acids is 1. The molecule has 3 rings (SSSR count). The maximum Gasteiger partial charge on any atom is 0.164 e. The van der Waals surface area contributed by atoms with Crippen molar-refractivity contribution in [2.45, 2.75) is 101 Å². The van der Waals surface area contributed by atoms with Gasteiger partial charge in [-0.25, -0.2) is 0 Å². The minimum atomic E-state index is -0.377. The van der Waals surface area contributed by atoms with E-state index in [1.807, 2.05) is 47.7 Å². The molecular weight excluding hydrogens is 659 g/mol. The summed E-state index contributed by atoms with van der Waals surface area (Å²) in [6, 6.07) is 14.4. The van der Waals surface area contributed by atoms with Crippen LogP contribution in [0.2, 0.25) is 0 Å². The van der Waals surface area contributed by atoms with E-state index in [4.69, 9.17) is 0 Å². The topological polar surface area (TPSA) is 50.2 Å². The van der Waals surface area contributed by atoms with Crippen molar-refractivity contribution in [2.75, 3.05) is 0 Å². The molecule has 1 N–H and O–H groups in total. The molecule has 1 unspecified atom stereocenters. The number of pyridine rings is 1. The number of carbonyl (C=O) groups is 1. The molecular formula is C35H48IrNO2-. The molecule has 1 radical (unpaired) electrons. The average Bonchev–Trinajstić information content (AvgIpc) is 2.87. The smallest absolute Gasteiger partial charge is 0.164 e. The monoisotopic (exact) mass is 707 g/mol. The maximum atomic E-state index is 11.8. The van der Waals surface area contributed by atoms with Crippen LogP contribution in [0.3, 0.4) is 0 Å². The van der Waals surface area contributed by atoms with Gasteiger partial charge in [0, 0.05) is 43.2 Å². The van der Waals surface area contributed by atoms with Crippen LogP contribution in [0.4, 0.5) is 0 Å². The fourth-order valence-electron chi connectivity index (χ4n) is 4.28. The fraction of sp³-hybridized carbons (Fsp3) is 0.486. The van der Waals surface area contributed by atoms with Crippen LogP contribution >= 0.6 is 0 Å². The minimum absolute atomic E-state index is 0. The van der Waals surface area contributed by atoms with Crippen molar-refractivity contribution in [1.29, 1.82) is 0 Å². The molecule has 3 nitrogen and oxygen atoms in total. The number of nitrogens with zero attached hydrogens (tertiary/aromatic N) is 1. The van der Waals surface area contributed by atoms with Gasteiger partial charge in [0.2, 0.25) is 0 Å². The number of aryl methyl sites for hydroxylation is 3. The third-order valence-electron chi connectivity index (χ3n) is 8.20. The molecule has 4 heteroatoms. The van der Waals surface area contributed by atoms with E-state index < -0.39 is 0 Å². The Kier molecular flexibility index (Phi) is 12.8. The number of benzene rings is 2. The van der Waals surface area contributed by atoms with Gasteiger partial charge in [0.25, 0.3) is 0 Å². The van der Waals surface area contributed by atoms with Gasteiger partial charge in [-0.05, 0) is 65.8 Å². The van der Waals surface area contributed by atoms with Crippen molar-refractivity contribution in [3.8, 4) is 11.3 Å². The van der Waals surface area contributed by atoms with Crippen LogP contribution in [-0.2, 0) is 24.9 Å². The van der Waals surface area contributed by atoms with E-state index in [9.17, 15) is 9.90 Å². The first-order valence-corrected chi connectivity index (χ1v) is 14.0. The first-order valence-electron chi connectivity index (χ1n) is 14.0. The van der Waals surface area contributed by atoms with Crippen molar-refractivity contribution in [2.24, 2.45) is 10.8 Å². The van der Waals surface area contributed by atoms with E-state index in [1.165, 1.54) is 33.5 Å². The number of rotatable bonds is 8. The second kappa shape index (κ2) is 14.4. The molecule has 0 fully saturated rings. The predicted molar refractivity (Wildman–Crippen MR) is 163 cm³/mol. The van der Waals surface area contributed by atoms with Gasteiger partial charge in [0.05, 0.1) is 0 Å². The van der Waals surface area contributed by atoms with Gasteiger partial charge in [-0.2, -0.15) is 0 Å². The summed E-state index contributed by atoms with van der Waals surface area (Å²) in [4.78, 5) is 16.5. The van der Waals surface area contributed by atoms with Gasteiger partial charge in [0.1, 0.15) is 5.76 Å². The SMILES string of the molecule is CCC(C)(C)C(=O)/C=C(\O)C(C)(C)CC.CCC(C)c1ccc2c(-c3[c-]c(C)cc(C)c3)nccc2c1C.[Ir]. The van der Waals surface area contributed by atoms with Crippen molar-refractivity contribution in [3.63, 3.8) is 0 Å².